The van der Waals surface area contributed by atoms with Crippen molar-refractivity contribution in [3.05, 3.63) is 30.1 Å². The summed E-state index contributed by atoms with van der Waals surface area (Å²) < 4.78 is 33.9. The van der Waals surface area contributed by atoms with Crippen LogP contribution in [0.4, 0.5) is 4.39 Å². The normalized spacial score (nSPS) is 10.5. The van der Waals surface area contributed by atoms with Crippen molar-refractivity contribution in [2.75, 3.05) is 0 Å². The van der Waals surface area contributed by atoms with Crippen LogP contribution < -0.4 is 29.6 Å². The quantitative estimate of drug-likeness (QED) is 0.526. The molecule has 0 heterocycles. The predicted molar refractivity (Wildman–Crippen MR) is 41.8 cm³/mol. The average molecular weight is 263 g/mol. The second kappa shape index (κ2) is 4.74. The van der Waals surface area contributed by atoms with Gasteiger partial charge in [0, 0.05) is 0 Å². The Labute approximate surface area is 101 Å². The van der Waals surface area contributed by atoms with E-state index in [0.29, 0.717) is 0 Å². The van der Waals surface area contributed by atoms with Crippen LogP contribution in [0.15, 0.2) is 29.2 Å². The van der Waals surface area contributed by atoms with Crippen molar-refractivity contribution in [2.45, 2.75) is 4.90 Å². The number of hydrogen-bond donors (Lipinski definition) is 0. The van der Waals surface area contributed by atoms with Gasteiger partial charge in [-0.05, 0) is 0 Å². The fraction of sp³-hybridized carbons (Fsp3) is 0. The summed E-state index contributed by atoms with van der Waals surface area (Å²) in [6.07, 6.45) is 0. The molecule has 1 aromatic rings. The van der Waals surface area contributed by atoms with E-state index >= 15 is 0 Å². The zero-order valence-corrected chi connectivity index (χ0v) is 11.1. The monoisotopic (exact) mass is 264 g/mol. The maximum absolute atomic E-state index is 12.3. The third kappa shape index (κ3) is 3.56. The first-order valence-electron chi connectivity index (χ1n) is 2.73. The molecule has 1 rings (SSSR count). The zero-order chi connectivity index (χ0) is 8.48. The van der Waals surface area contributed by atoms with Crippen LogP contribution in [-0.4, -0.2) is 23.3 Å². The van der Waals surface area contributed by atoms with Crippen molar-refractivity contribution in [1.29, 1.82) is 0 Å². The Balaban J connectivity index is 0. The Hall–Kier alpha value is 0.619. The molecule has 0 unspecified atom stereocenters. The molecule has 0 radical (unpaired) electrons. The Bertz CT molecular complexity index is 353. The summed E-state index contributed by atoms with van der Waals surface area (Å²) in [5.74, 6) is -0.440. The van der Waals surface area contributed by atoms with Crippen molar-refractivity contribution < 1.29 is 43.8 Å². The second-order valence-electron chi connectivity index (χ2n) is 1.93. The summed E-state index contributed by atoms with van der Waals surface area (Å²) in [5.41, 5.74) is 0. The van der Waals surface area contributed by atoms with Crippen LogP contribution in [0.25, 0.3) is 0 Å². The topological polar surface area (TPSA) is 34.1 Å². The molecule has 0 fully saturated rings. The van der Waals surface area contributed by atoms with Crippen molar-refractivity contribution in [1.82, 2.24) is 0 Å². The zero-order valence-electron chi connectivity index (χ0n) is 7.36. The van der Waals surface area contributed by atoms with Crippen LogP contribution in [0.5, 0.6) is 0 Å². The van der Waals surface area contributed by atoms with E-state index in [4.69, 9.17) is 0 Å². The van der Waals surface area contributed by atoms with Gasteiger partial charge in [-0.1, -0.05) is 0 Å². The van der Waals surface area contributed by atoms with Gasteiger partial charge < -0.3 is 1.43 Å². The van der Waals surface area contributed by atoms with Gasteiger partial charge in [-0.15, -0.1) is 0 Å². The van der Waals surface area contributed by atoms with Gasteiger partial charge in [0.25, 0.3) is 0 Å². The molecule has 0 aliphatic rings. The van der Waals surface area contributed by atoms with E-state index in [1.165, 1.54) is 12.1 Å². The van der Waals surface area contributed by atoms with Gasteiger partial charge in [0.1, 0.15) is 0 Å². The summed E-state index contributed by atoms with van der Waals surface area (Å²) in [7, 11) is -3.25. The van der Waals surface area contributed by atoms with Gasteiger partial charge in [0.05, 0.1) is 0 Å². The van der Waals surface area contributed by atoms with Gasteiger partial charge in [-0.2, -0.15) is 0 Å². The summed E-state index contributed by atoms with van der Waals surface area (Å²) in [6, 6.07) is 4.67. The van der Waals surface area contributed by atoms with Crippen molar-refractivity contribution in [3.63, 3.8) is 0 Å². The smallest absolute Gasteiger partial charge is 1.00 e. The minimum Gasteiger partial charge on any atom is -1.00 e. The van der Waals surface area contributed by atoms with E-state index in [-0.39, 0.29) is 35.9 Å². The maximum atomic E-state index is 12.3. The summed E-state index contributed by atoms with van der Waals surface area (Å²) in [6.45, 7) is 0. The molecule has 62 valence electrons. The minimum atomic E-state index is -3.25. The van der Waals surface area contributed by atoms with E-state index in [1.54, 1.807) is 14.9 Å². The Kier molecular flexibility index (Phi) is 4.99. The van der Waals surface area contributed by atoms with Gasteiger partial charge in [-0.3, -0.25) is 0 Å². The SMILES string of the molecule is O=S(=O)([SeH])c1ccc(F)cc1.[H-].[Na+]. The maximum Gasteiger partial charge on any atom is 1.00 e. The summed E-state index contributed by atoms with van der Waals surface area (Å²) >= 11 is 1.54. The van der Waals surface area contributed by atoms with Crippen LogP contribution in [-0.2, 0) is 8.26 Å². The number of hydrogen-bond acceptors (Lipinski definition) is 2. The minimum absolute atomic E-state index is 0. The Morgan fingerprint density at radius 1 is 1.25 bits per heavy atom. The molecule has 0 amide bonds. The van der Waals surface area contributed by atoms with Gasteiger partial charge in [0.15, 0.2) is 0 Å². The third-order valence-electron chi connectivity index (χ3n) is 1.11. The predicted octanol–water partition coefficient (Wildman–Crippen LogP) is -2.47. The first kappa shape index (κ1) is 12.6. The molecule has 12 heavy (non-hydrogen) atoms. The Morgan fingerprint density at radius 2 is 1.67 bits per heavy atom. The van der Waals surface area contributed by atoms with Crippen LogP contribution >= 0.6 is 0 Å². The van der Waals surface area contributed by atoms with Crippen LogP contribution in [0.2, 0.25) is 0 Å². The molecule has 2 nitrogen and oxygen atoms in total. The number of benzene rings is 1. The molecule has 0 saturated carbocycles. The molecule has 0 bridgehead atoms. The van der Waals surface area contributed by atoms with E-state index in [2.05, 4.69) is 0 Å². The molecule has 0 aliphatic heterocycles. The van der Waals surface area contributed by atoms with Crippen LogP contribution in [0.1, 0.15) is 1.43 Å². The molecule has 1 aromatic carbocycles. The fourth-order valence-electron chi connectivity index (χ4n) is 0.607. The number of rotatable bonds is 1. The summed E-state index contributed by atoms with van der Waals surface area (Å²) in [4.78, 5) is 0.110. The second-order valence-corrected chi connectivity index (χ2v) is 6.38. The largest absolute Gasteiger partial charge is 1.00 e. The molecule has 6 heteroatoms. The number of halogens is 1. The van der Waals surface area contributed by atoms with E-state index in [9.17, 15) is 12.8 Å². The van der Waals surface area contributed by atoms with Crippen molar-refractivity contribution in [2.24, 2.45) is 0 Å². The van der Waals surface area contributed by atoms with Crippen molar-refractivity contribution >= 4 is 23.1 Å². The van der Waals surface area contributed by atoms with Gasteiger partial charge in [0.2, 0.25) is 0 Å². The average Bonchev–Trinajstić information content (AvgIpc) is 1.86. The van der Waals surface area contributed by atoms with E-state index in [0.717, 1.165) is 12.1 Å². The van der Waals surface area contributed by atoms with Crippen molar-refractivity contribution in [3.8, 4) is 0 Å². The first-order chi connectivity index (χ1) is 5.00. The molecular formula is C6H6FNaO2SSe. The van der Waals surface area contributed by atoms with Gasteiger partial charge in [-0.25, -0.2) is 0 Å². The Morgan fingerprint density at radius 3 is 2.00 bits per heavy atom. The van der Waals surface area contributed by atoms with Crippen LogP contribution in [0.3, 0.4) is 0 Å². The first-order valence-corrected chi connectivity index (χ1v) is 6.47. The van der Waals surface area contributed by atoms with E-state index < -0.39 is 14.1 Å². The molecule has 0 spiro atoms. The third-order valence-corrected chi connectivity index (χ3v) is 3.31. The molecule has 0 atom stereocenters. The van der Waals surface area contributed by atoms with Gasteiger partial charge >= 0.3 is 100 Å². The molecule has 0 aromatic heterocycles. The molecule has 0 N–H and O–H groups in total. The molecule has 0 saturated heterocycles. The molecule has 0 aliphatic carbocycles. The standard InChI is InChI=1S/C6H5FO2SSe.Na.H/c7-5-1-3-6(4-2-5)10(8,9)11;;/h1-4H,(H,8,9,11);;/q;+1;-1. The molecular weight excluding hydrogens is 257 g/mol. The van der Waals surface area contributed by atoms with E-state index in [1.807, 2.05) is 0 Å². The fourth-order valence-corrected chi connectivity index (χ4v) is 1.85. The van der Waals surface area contributed by atoms with Crippen LogP contribution in [0, 0.1) is 5.82 Å². The summed E-state index contributed by atoms with van der Waals surface area (Å²) in [5, 5.41) is 0.